The average Bonchev–Trinajstić information content (AvgIpc) is 2.76. The minimum Gasteiger partial charge on any atom is -0.334 e. The zero-order valence-corrected chi connectivity index (χ0v) is 12.1. The van der Waals surface area contributed by atoms with Gasteiger partial charge in [-0.1, -0.05) is 28.0 Å². The lowest BCUT2D eigenvalue weighted by Gasteiger charge is -2.02. The highest BCUT2D eigenvalue weighted by Crippen LogP contribution is 2.23. The van der Waals surface area contributed by atoms with Gasteiger partial charge in [0, 0.05) is 22.5 Å². The van der Waals surface area contributed by atoms with Crippen LogP contribution in [0.3, 0.4) is 0 Å². The number of benzene rings is 1. The van der Waals surface area contributed by atoms with Crippen molar-refractivity contribution in [1.29, 1.82) is 0 Å². The number of halogens is 1. The van der Waals surface area contributed by atoms with Crippen molar-refractivity contribution in [2.45, 2.75) is 32.7 Å². The lowest BCUT2D eigenvalue weighted by molar-refractivity contribution is 0.419. The fraction of sp³-hybridized carbons (Fsp3) is 0.385. The topological polar surface area (TPSA) is 64.9 Å². The van der Waals surface area contributed by atoms with Crippen molar-refractivity contribution in [3.8, 4) is 11.5 Å². The Kier molecular flexibility index (Phi) is 4.14. The fourth-order valence-corrected chi connectivity index (χ4v) is 2.30. The molecule has 0 aliphatic carbocycles. The largest absolute Gasteiger partial charge is 0.334 e. The molecule has 1 atom stereocenters. The molecule has 18 heavy (non-hydrogen) atoms. The smallest absolute Gasteiger partial charge is 0.257 e. The lowest BCUT2D eigenvalue weighted by atomic mass is 10.1. The number of aryl methyl sites for hydroxylation is 1. The van der Waals surface area contributed by atoms with Crippen molar-refractivity contribution in [2.75, 3.05) is 0 Å². The molecule has 0 spiro atoms. The van der Waals surface area contributed by atoms with E-state index in [0.29, 0.717) is 18.1 Å². The lowest BCUT2D eigenvalue weighted by Crippen LogP contribution is -2.21. The standard InChI is InChI=1S/C13H16BrN3O/c1-3-11(15)7-12-16-13(18-17-12)9-4-8(2)5-10(14)6-9/h4-6,11H,3,7,15H2,1-2H3. The first kappa shape index (κ1) is 13.2. The molecule has 4 nitrogen and oxygen atoms in total. The predicted molar refractivity (Wildman–Crippen MR) is 74.1 cm³/mol. The van der Waals surface area contributed by atoms with Crippen LogP contribution in [0.5, 0.6) is 0 Å². The van der Waals surface area contributed by atoms with Crippen molar-refractivity contribution in [3.05, 3.63) is 34.1 Å². The van der Waals surface area contributed by atoms with E-state index in [0.717, 1.165) is 22.0 Å². The van der Waals surface area contributed by atoms with Crippen LogP contribution >= 0.6 is 15.9 Å². The Hall–Kier alpha value is -1.20. The molecule has 0 fully saturated rings. The molecule has 0 aliphatic heterocycles. The molecule has 0 saturated carbocycles. The van der Waals surface area contributed by atoms with Gasteiger partial charge >= 0.3 is 0 Å². The quantitative estimate of drug-likeness (QED) is 0.942. The number of rotatable bonds is 4. The number of aromatic nitrogens is 2. The van der Waals surface area contributed by atoms with E-state index in [1.54, 1.807) is 0 Å². The molecular formula is C13H16BrN3O. The predicted octanol–water partition coefficient (Wildman–Crippen LogP) is 3.09. The summed E-state index contributed by atoms with van der Waals surface area (Å²) in [5, 5.41) is 3.96. The third-order valence-electron chi connectivity index (χ3n) is 2.73. The molecule has 2 N–H and O–H groups in total. The van der Waals surface area contributed by atoms with E-state index in [1.807, 2.05) is 32.0 Å². The molecule has 1 aromatic carbocycles. The van der Waals surface area contributed by atoms with Crippen molar-refractivity contribution < 1.29 is 4.52 Å². The Morgan fingerprint density at radius 1 is 1.39 bits per heavy atom. The van der Waals surface area contributed by atoms with E-state index in [-0.39, 0.29) is 6.04 Å². The maximum absolute atomic E-state index is 5.87. The second-order valence-electron chi connectivity index (χ2n) is 4.41. The summed E-state index contributed by atoms with van der Waals surface area (Å²) in [6.07, 6.45) is 1.55. The Balaban J connectivity index is 2.23. The van der Waals surface area contributed by atoms with Crippen LogP contribution in [0.2, 0.25) is 0 Å². The summed E-state index contributed by atoms with van der Waals surface area (Å²) >= 11 is 3.46. The van der Waals surface area contributed by atoms with Gasteiger partial charge in [0.15, 0.2) is 5.82 Å². The zero-order valence-electron chi connectivity index (χ0n) is 10.5. The third-order valence-corrected chi connectivity index (χ3v) is 3.18. The average molecular weight is 310 g/mol. The molecule has 2 rings (SSSR count). The maximum Gasteiger partial charge on any atom is 0.257 e. The molecule has 2 aromatic rings. The molecule has 1 heterocycles. The molecule has 96 valence electrons. The molecule has 0 bridgehead atoms. The monoisotopic (exact) mass is 309 g/mol. The summed E-state index contributed by atoms with van der Waals surface area (Å²) in [6, 6.07) is 6.10. The fourth-order valence-electron chi connectivity index (χ4n) is 1.69. The Bertz CT molecular complexity index is 519. The van der Waals surface area contributed by atoms with Gasteiger partial charge in [-0.15, -0.1) is 0 Å². The van der Waals surface area contributed by atoms with Gasteiger partial charge in [-0.25, -0.2) is 0 Å². The van der Waals surface area contributed by atoms with Crippen LogP contribution in [0.25, 0.3) is 11.5 Å². The molecule has 1 aromatic heterocycles. The van der Waals surface area contributed by atoms with Gasteiger partial charge in [0.2, 0.25) is 0 Å². The van der Waals surface area contributed by atoms with Crippen molar-refractivity contribution in [3.63, 3.8) is 0 Å². The highest BCUT2D eigenvalue weighted by Gasteiger charge is 2.12. The van der Waals surface area contributed by atoms with Gasteiger partial charge in [0.05, 0.1) is 0 Å². The molecule has 0 radical (unpaired) electrons. The Morgan fingerprint density at radius 3 is 2.83 bits per heavy atom. The van der Waals surface area contributed by atoms with Gasteiger partial charge in [-0.2, -0.15) is 4.98 Å². The highest BCUT2D eigenvalue weighted by atomic mass is 79.9. The summed E-state index contributed by atoms with van der Waals surface area (Å²) in [5.74, 6) is 1.20. The normalized spacial score (nSPS) is 12.7. The van der Waals surface area contributed by atoms with Crippen molar-refractivity contribution in [2.24, 2.45) is 5.73 Å². The van der Waals surface area contributed by atoms with Crippen molar-refractivity contribution in [1.82, 2.24) is 10.1 Å². The molecule has 0 amide bonds. The SMILES string of the molecule is CCC(N)Cc1noc(-c2cc(C)cc(Br)c2)n1. The summed E-state index contributed by atoms with van der Waals surface area (Å²) in [6.45, 7) is 4.07. The summed E-state index contributed by atoms with van der Waals surface area (Å²) in [4.78, 5) is 4.37. The van der Waals surface area contributed by atoms with Crippen LogP contribution in [0.4, 0.5) is 0 Å². The number of nitrogens with zero attached hydrogens (tertiary/aromatic N) is 2. The Labute approximate surface area is 115 Å². The van der Waals surface area contributed by atoms with Gasteiger partial charge in [0.25, 0.3) is 5.89 Å². The number of nitrogens with two attached hydrogens (primary N) is 1. The molecule has 0 aliphatic rings. The van der Waals surface area contributed by atoms with E-state index in [4.69, 9.17) is 10.3 Å². The van der Waals surface area contributed by atoms with Crippen LogP contribution in [0, 0.1) is 6.92 Å². The highest BCUT2D eigenvalue weighted by molar-refractivity contribution is 9.10. The van der Waals surface area contributed by atoms with Crippen LogP contribution < -0.4 is 5.73 Å². The molecule has 0 saturated heterocycles. The summed E-state index contributed by atoms with van der Waals surface area (Å²) in [7, 11) is 0. The molecule has 5 heteroatoms. The molecular weight excluding hydrogens is 294 g/mol. The Morgan fingerprint density at radius 2 is 2.17 bits per heavy atom. The third kappa shape index (κ3) is 3.17. The van der Waals surface area contributed by atoms with Crippen LogP contribution in [0.1, 0.15) is 24.7 Å². The van der Waals surface area contributed by atoms with Gasteiger partial charge < -0.3 is 10.3 Å². The zero-order chi connectivity index (χ0) is 13.1. The second-order valence-corrected chi connectivity index (χ2v) is 5.32. The first-order valence-corrected chi connectivity index (χ1v) is 6.73. The maximum atomic E-state index is 5.87. The first-order valence-electron chi connectivity index (χ1n) is 5.94. The van der Waals surface area contributed by atoms with Crippen LogP contribution in [-0.2, 0) is 6.42 Å². The van der Waals surface area contributed by atoms with E-state index >= 15 is 0 Å². The molecule has 1 unspecified atom stereocenters. The van der Waals surface area contributed by atoms with Gasteiger partial charge in [-0.3, -0.25) is 0 Å². The van der Waals surface area contributed by atoms with E-state index in [1.165, 1.54) is 0 Å². The van der Waals surface area contributed by atoms with E-state index in [2.05, 4.69) is 26.1 Å². The summed E-state index contributed by atoms with van der Waals surface area (Å²) < 4.78 is 6.27. The van der Waals surface area contributed by atoms with E-state index < -0.39 is 0 Å². The van der Waals surface area contributed by atoms with Gasteiger partial charge in [0.1, 0.15) is 0 Å². The first-order chi connectivity index (χ1) is 8.58. The van der Waals surface area contributed by atoms with Crippen LogP contribution in [0.15, 0.2) is 27.2 Å². The van der Waals surface area contributed by atoms with Gasteiger partial charge in [-0.05, 0) is 37.1 Å². The minimum atomic E-state index is 0.0831. The van der Waals surface area contributed by atoms with Crippen LogP contribution in [-0.4, -0.2) is 16.2 Å². The van der Waals surface area contributed by atoms with Crippen molar-refractivity contribution >= 4 is 15.9 Å². The number of hydrogen-bond donors (Lipinski definition) is 1. The number of hydrogen-bond acceptors (Lipinski definition) is 4. The van der Waals surface area contributed by atoms with E-state index in [9.17, 15) is 0 Å². The second kappa shape index (κ2) is 5.63. The minimum absolute atomic E-state index is 0.0831. The summed E-state index contributed by atoms with van der Waals surface area (Å²) in [5.41, 5.74) is 7.94.